The van der Waals surface area contributed by atoms with E-state index in [9.17, 15) is 18.0 Å². The number of carbonyl (C=O) groups excluding carboxylic acids is 2. The van der Waals surface area contributed by atoms with Gasteiger partial charge in [0, 0.05) is 29.1 Å². The lowest BCUT2D eigenvalue weighted by molar-refractivity contribution is -0.140. The summed E-state index contributed by atoms with van der Waals surface area (Å²) in [6, 6.07) is 17.8. The first-order valence-electron chi connectivity index (χ1n) is 13.4. The zero-order valence-electron chi connectivity index (χ0n) is 22.9. The summed E-state index contributed by atoms with van der Waals surface area (Å²) in [6.07, 6.45) is 4.92. The van der Waals surface area contributed by atoms with Gasteiger partial charge in [0.15, 0.2) is 0 Å². The number of anilines is 1. The van der Waals surface area contributed by atoms with Crippen LogP contribution in [0.2, 0.25) is 20.1 Å². The number of carbonyl (C=O) groups is 2. The largest absolute Gasteiger partial charge is 0.352 e. The SMILES string of the molecule is CS(=O)(=O)N(CC(=O)N(Cc1ccc(Cl)cc1Cl)[C@H](Cc1ccccc1)C(=O)NC1CCCC1)c1cccc(Cl)c1Cl. The Balaban J connectivity index is 1.77. The third kappa shape index (κ3) is 8.32. The molecule has 1 saturated carbocycles. The van der Waals surface area contributed by atoms with Gasteiger partial charge >= 0.3 is 0 Å². The van der Waals surface area contributed by atoms with E-state index < -0.39 is 28.5 Å². The number of halogens is 4. The maximum atomic E-state index is 14.2. The highest BCUT2D eigenvalue weighted by atomic mass is 35.5. The quantitative estimate of drug-likeness (QED) is 0.244. The number of amides is 2. The van der Waals surface area contributed by atoms with Crippen molar-refractivity contribution in [2.24, 2.45) is 0 Å². The van der Waals surface area contributed by atoms with E-state index in [1.165, 1.54) is 17.0 Å². The number of hydrogen-bond donors (Lipinski definition) is 1. The highest BCUT2D eigenvalue weighted by Crippen LogP contribution is 2.34. The first kappa shape index (κ1) is 32.4. The molecule has 3 aromatic carbocycles. The Morgan fingerprint density at radius 2 is 1.62 bits per heavy atom. The van der Waals surface area contributed by atoms with Gasteiger partial charge in [-0.05, 0) is 48.2 Å². The predicted molar refractivity (Wildman–Crippen MR) is 170 cm³/mol. The summed E-state index contributed by atoms with van der Waals surface area (Å²) in [5.41, 5.74) is 1.44. The Bertz CT molecular complexity index is 1530. The molecule has 4 rings (SSSR count). The summed E-state index contributed by atoms with van der Waals surface area (Å²) in [5, 5.41) is 3.98. The van der Waals surface area contributed by atoms with Gasteiger partial charge in [0.25, 0.3) is 0 Å². The summed E-state index contributed by atoms with van der Waals surface area (Å²) in [7, 11) is -4.00. The molecule has 0 aromatic heterocycles. The van der Waals surface area contributed by atoms with Crippen molar-refractivity contribution in [1.82, 2.24) is 10.2 Å². The summed E-state index contributed by atoms with van der Waals surface area (Å²) >= 11 is 25.2. The molecule has 0 aliphatic heterocycles. The minimum Gasteiger partial charge on any atom is -0.352 e. The molecule has 42 heavy (non-hydrogen) atoms. The molecular formula is C30H31Cl4N3O4S. The van der Waals surface area contributed by atoms with Crippen LogP contribution in [0.3, 0.4) is 0 Å². The number of benzene rings is 3. The summed E-state index contributed by atoms with van der Waals surface area (Å²) < 4.78 is 26.8. The molecule has 1 N–H and O–H groups in total. The Labute approximate surface area is 266 Å². The molecule has 3 aromatic rings. The molecule has 12 heteroatoms. The predicted octanol–water partition coefficient (Wildman–Crippen LogP) is 6.77. The van der Waals surface area contributed by atoms with Gasteiger partial charge in [-0.3, -0.25) is 13.9 Å². The maximum absolute atomic E-state index is 14.2. The van der Waals surface area contributed by atoms with Gasteiger partial charge in [0.2, 0.25) is 21.8 Å². The second-order valence-corrected chi connectivity index (χ2v) is 13.8. The third-order valence-corrected chi connectivity index (χ3v) is 9.73. The fourth-order valence-electron chi connectivity index (χ4n) is 5.03. The van der Waals surface area contributed by atoms with Gasteiger partial charge in [0.05, 0.1) is 22.0 Å². The number of rotatable bonds is 11. The van der Waals surface area contributed by atoms with Crippen LogP contribution in [-0.2, 0) is 32.6 Å². The molecule has 1 atom stereocenters. The van der Waals surface area contributed by atoms with E-state index >= 15 is 0 Å². The van der Waals surface area contributed by atoms with Crippen LogP contribution >= 0.6 is 46.4 Å². The van der Waals surface area contributed by atoms with Gasteiger partial charge in [-0.2, -0.15) is 0 Å². The zero-order valence-corrected chi connectivity index (χ0v) is 26.7. The highest BCUT2D eigenvalue weighted by molar-refractivity contribution is 7.92. The van der Waals surface area contributed by atoms with Crippen molar-refractivity contribution >= 4 is 73.9 Å². The molecular weight excluding hydrogens is 640 g/mol. The Morgan fingerprint density at radius 1 is 0.929 bits per heavy atom. The lowest BCUT2D eigenvalue weighted by atomic mass is 10.0. The molecule has 0 radical (unpaired) electrons. The molecule has 1 aliphatic carbocycles. The van der Waals surface area contributed by atoms with Crippen molar-refractivity contribution in [3.05, 3.63) is 97.9 Å². The fraction of sp³-hybridized carbons (Fsp3) is 0.333. The zero-order chi connectivity index (χ0) is 30.4. The van der Waals surface area contributed by atoms with Crippen molar-refractivity contribution in [2.75, 3.05) is 17.1 Å². The van der Waals surface area contributed by atoms with E-state index in [0.29, 0.717) is 15.6 Å². The average molecular weight is 671 g/mol. The highest BCUT2D eigenvalue weighted by Gasteiger charge is 2.35. The fourth-order valence-corrected chi connectivity index (χ4v) is 6.81. The van der Waals surface area contributed by atoms with Crippen LogP contribution in [0.25, 0.3) is 0 Å². The van der Waals surface area contributed by atoms with Crippen LogP contribution in [0, 0.1) is 0 Å². The number of nitrogens with zero attached hydrogens (tertiary/aromatic N) is 2. The lowest BCUT2D eigenvalue weighted by Crippen LogP contribution is -2.54. The number of nitrogens with one attached hydrogen (secondary N) is 1. The van der Waals surface area contributed by atoms with Crippen LogP contribution in [0.5, 0.6) is 0 Å². The third-order valence-electron chi connectivity index (χ3n) is 7.21. The van der Waals surface area contributed by atoms with Crippen molar-refractivity contribution in [3.8, 4) is 0 Å². The minimum absolute atomic E-state index is 0.00429. The lowest BCUT2D eigenvalue weighted by Gasteiger charge is -2.34. The van der Waals surface area contributed by atoms with E-state index in [0.717, 1.165) is 41.8 Å². The second-order valence-electron chi connectivity index (χ2n) is 10.3. The van der Waals surface area contributed by atoms with Crippen molar-refractivity contribution < 1.29 is 18.0 Å². The van der Waals surface area contributed by atoms with Gasteiger partial charge in [-0.25, -0.2) is 8.42 Å². The van der Waals surface area contributed by atoms with E-state index in [1.807, 2.05) is 30.3 Å². The normalized spacial score (nSPS) is 14.4. The van der Waals surface area contributed by atoms with Crippen LogP contribution in [0.4, 0.5) is 5.69 Å². The maximum Gasteiger partial charge on any atom is 0.244 e. The van der Waals surface area contributed by atoms with E-state index in [4.69, 9.17) is 46.4 Å². The topological polar surface area (TPSA) is 86.8 Å². The number of sulfonamides is 1. The molecule has 0 heterocycles. The molecule has 0 spiro atoms. The smallest absolute Gasteiger partial charge is 0.244 e. The summed E-state index contributed by atoms with van der Waals surface area (Å²) in [6.45, 7) is -0.683. The standard InChI is InChI=1S/C30H31Cl4N3O4S/c1-42(40,41)37(26-13-7-12-24(32)29(26)34)19-28(38)36(18-21-14-15-22(31)17-25(21)33)27(16-20-8-3-2-4-9-20)30(39)35-23-10-5-6-11-23/h2-4,7-9,12-15,17,23,27H,5-6,10-11,16,18-19H2,1H3,(H,35,39)/t27-/m1/s1. The number of hydrogen-bond acceptors (Lipinski definition) is 4. The van der Waals surface area contributed by atoms with Crippen LogP contribution in [0.1, 0.15) is 36.8 Å². The molecule has 1 fully saturated rings. The molecule has 0 saturated heterocycles. The van der Waals surface area contributed by atoms with Gasteiger partial charge in [-0.15, -0.1) is 0 Å². The second kappa shape index (κ2) is 14.3. The van der Waals surface area contributed by atoms with Crippen LogP contribution in [0.15, 0.2) is 66.7 Å². The first-order chi connectivity index (χ1) is 19.9. The van der Waals surface area contributed by atoms with Gasteiger partial charge in [0.1, 0.15) is 12.6 Å². The van der Waals surface area contributed by atoms with Gasteiger partial charge in [-0.1, -0.05) is 102 Å². The van der Waals surface area contributed by atoms with E-state index in [-0.39, 0.29) is 40.6 Å². The van der Waals surface area contributed by atoms with E-state index in [1.54, 1.807) is 24.3 Å². The Morgan fingerprint density at radius 3 is 2.26 bits per heavy atom. The van der Waals surface area contributed by atoms with Crippen LogP contribution < -0.4 is 9.62 Å². The van der Waals surface area contributed by atoms with E-state index in [2.05, 4.69) is 5.32 Å². The molecule has 0 bridgehead atoms. The van der Waals surface area contributed by atoms with Crippen molar-refractivity contribution in [1.29, 1.82) is 0 Å². The summed E-state index contributed by atoms with van der Waals surface area (Å²) in [5.74, 6) is -0.944. The molecule has 1 aliphatic rings. The Kier molecular flexibility index (Phi) is 11.1. The first-order valence-corrected chi connectivity index (χ1v) is 16.8. The molecule has 7 nitrogen and oxygen atoms in total. The molecule has 224 valence electrons. The Hall–Kier alpha value is -2.49. The monoisotopic (exact) mass is 669 g/mol. The molecule has 2 amide bonds. The van der Waals surface area contributed by atoms with Crippen LogP contribution in [-0.4, -0.2) is 50.0 Å². The van der Waals surface area contributed by atoms with Crippen molar-refractivity contribution in [2.45, 2.75) is 50.7 Å². The average Bonchev–Trinajstić information content (AvgIpc) is 3.45. The molecule has 0 unspecified atom stereocenters. The summed E-state index contributed by atoms with van der Waals surface area (Å²) in [4.78, 5) is 29.5. The minimum atomic E-state index is -4.00. The van der Waals surface area contributed by atoms with Crippen molar-refractivity contribution in [3.63, 3.8) is 0 Å². The van der Waals surface area contributed by atoms with Gasteiger partial charge < -0.3 is 10.2 Å².